The Bertz CT molecular complexity index is 613. The molecule has 0 saturated heterocycles. The third-order valence-electron chi connectivity index (χ3n) is 8.90. The SMILES string of the molecule is C[C@]12CCC(=O)C=C1CC[C@H]1[C@H]2CC[C@@]2(C)[C@@H]1CC[C@@]2(O)[C@H](O)CO. The first kappa shape index (κ1) is 17.7. The van der Waals surface area contributed by atoms with Gasteiger partial charge in [-0.2, -0.15) is 0 Å². The number of carbonyl (C=O) groups is 1. The van der Waals surface area contributed by atoms with E-state index in [1.807, 2.05) is 6.08 Å². The number of hydrogen-bond acceptors (Lipinski definition) is 4. The van der Waals surface area contributed by atoms with Gasteiger partial charge in [0.1, 0.15) is 6.10 Å². The standard InChI is InChI=1S/C21H32O4/c1-19-8-5-14(23)11-13(19)3-4-15-16(19)6-9-20(2)17(15)7-10-21(20,25)18(24)12-22/h11,15-18,22,24-25H,3-10,12H2,1-2H3/t15-,16+,17+,18+,19-,20-,21+/m0/s1. The van der Waals surface area contributed by atoms with Crippen LogP contribution in [0.15, 0.2) is 11.6 Å². The van der Waals surface area contributed by atoms with Gasteiger partial charge in [-0.25, -0.2) is 0 Å². The first-order valence-electron chi connectivity index (χ1n) is 10.0. The molecule has 140 valence electrons. The zero-order valence-corrected chi connectivity index (χ0v) is 15.5. The van der Waals surface area contributed by atoms with Gasteiger partial charge in [0.25, 0.3) is 0 Å². The lowest BCUT2D eigenvalue weighted by Gasteiger charge is -2.59. The summed E-state index contributed by atoms with van der Waals surface area (Å²) in [5, 5.41) is 31.1. The molecular formula is C21H32O4. The van der Waals surface area contributed by atoms with E-state index >= 15 is 0 Å². The summed E-state index contributed by atoms with van der Waals surface area (Å²) >= 11 is 0. The normalized spacial score (nSPS) is 50.5. The van der Waals surface area contributed by atoms with Crippen LogP contribution in [-0.4, -0.2) is 39.4 Å². The second-order valence-corrected chi connectivity index (χ2v) is 9.59. The van der Waals surface area contributed by atoms with Gasteiger partial charge in [-0.3, -0.25) is 4.79 Å². The Morgan fingerprint density at radius 2 is 1.84 bits per heavy atom. The molecule has 25 heavy (non-hydrogen) atoms. The Kier molecular flexibility index (Phi) is 3.99. The summed E-state index contributed by atoms with van der Waals surface area (Å²) in [5.74, 6) is 1.81. The molecule has 0 bridgehead atoms. The van der Waals surface area contributed by atoms with Crippen molar-refractivity contribution in [2.75, 3.05) is 6.61 Å². The highest BCUT2D eigenvalue weighted by molar-refractivity contribution is 5.91. The van der Waals surface area contributed by atoms with Crippen LogP contribution in [0.25, 0.3) is 0 Å². The maximum absolute atomic E-state index is 11.9. The van der Waals surface area contributed by atoms with Gasteiger partial charge in [0, 0.05) is 11.8 Å². The molecule has 0 aromatic carbocycles. The predicted molar refractivity (Wildman–Crippen MR) is 94.8 cm³/mol. The van der Waals surface area contributed by atoms with Crippen LogP contribution in [0.5, 0.6) is 0 Å². The lowest BCUT2D eigenvalue weighted by molar-refractivity contribution is -0.184. The molecule has 7 atom stereocenters. The predicted octanol–water partition coefficient (Wildman–Crippen LogP) is 2.60. The van der Waals surface area contributed by atoms with E-state index in [1.165, 1.54) is 5.57 Å². The summed E-state index contributed by atoms with van der Waals surface area (Å²) in [6.45, 7) is 4.12. The largest absolute Gasteiger partial charge is 0.394 e. The third-order valence-corrected chi connectivity index (χ3v) is 8.90. The molecular weight excluding hydrogens is 316 g/mol. The van der Waals surface area contributed by atoms with Gasteiger partial charge in [0.05, 0.1) is 12.2 Å². The van der Waals surface area contributed by atoms with Crippen LogP contribution >= 0.6 is 0 Å². The lowest BCUT2D eigenvalue weighted by Crippen LogP contribution is -2.59. The van der Waals surface area contributed by atoms with Gasteiger partial charge >= 0.3 is 0 Å². The molecule has 4 nitrogen and oxygen atoms in total. The first-order chi connectivity index (χ1) is 11.8. The molecule has 0 unspecified atom stereocenters. The summed E-state index contributed by atoms with van der Waals surface area (Å²) in [6, 6.07) is 0. The van der Waals surface area contributed by atoms with Crippen molar-refractivity contribution in [2.45, 2.75) is 76.9 Å². The van der Waals surface area contributed by atoms with Crippen LogP contribution in [0.4, 0.5) is 0 Å². The zero-order valence-electron chi connectivity index (χ0n) is 15.5. The number of carbonyl (C=O) groups excluding carboxylic acids is 1. The van der Waals surface area contributed by atoms with Gasteiger partial charge < -0.3 is 15.3 Å². The fourth-order valence-corrected chi connectivity index (χ4v) is 7.31. The molecule has 4 aliphatic rings. The average molecular weight is 348 g/mol. The highest BCUT2D eigenvalue weighted by Gasteiger charge is 2.65. The Morgan fingerprint density at radius 1 is 1.12 bits per heavy atom. The van der Waals surface area contributed by atoms with E-state index in [2.05, 4.69) is 13.8 Å². The topological polar surface area (TPSA) is 77.8 Å². The maximum Gasteiger partial charge on any atom is 0.155 e. The number of hydrogen-bond donors (Lipinski definition) is 3. The second kappa shape index (κ2) is 5.64. The number of allylic oxidation sites excluding steroid dienone is 1. The van der Waals surface area contributed by atoms with E-state index in [1.54, 1.807) is 0 Å². The Hall–Kier alpha value is -0.710. The summed E-state index contributed by atoms with van der Waals surface area (Å²) in [7, 11) is 0. The Balaban J connectivity index is 1.67. The van der Waals surface area contributed by atoms with Crippen molar-refractivity contribution in [3.8, 4) is 0 Å². The van der Waals surface area contributed by atoms with E-state index in [9.17, 15) is 20.1 Å². The third kappa shape index (κ3) is 2.20. The highest BCUT2D eigenvalue weighted by Crippen LogP contribution is 2.67. The monoisotopic (exact) mass is 348 g/mol. The van der Waals surface area contributed by atoms with Crippen LogP contribution in [0, 0.1) is 28.6 Å². The number of rotatable bonds is 2. The summed E-state index contributed by atoms with van der Waals surface area (Å²) < 4.78 is 0. The summed E-state index contributed by atoms with van der Waals surface area (Å²) in [5.41, 5.74) is 0.00120. The molecule has 0 aliphatic heterocycles. The second-order valence-electron chi connectivity index (χ2n) is 9.59. The molecule has 4 aliphatic carbocycles. The van der Waals surface area contributed by atoms with Crippen molar-refractivity contribution in [1.29, 1.82) is 0 Å². The molecule has 4 heteroatoms. The van der Waals surface area contributed by atoms with Crippen molar-refractivity contribution < 1.29 is 20.1 Å². The molecule has 0 aromatic rings. The van der Waals surface area contributed by atoms with E-state index < -0.39 is 11.7 Å². The highest BCUT2D eigenvalue weighted by atomic mass is 16.4. The van der Waals surface area contributed by atoms with Crippen LogP contribution in [0.1, 0.15) is 65.2 Å². The van der Waals surface area contributed by atoms with Gasteiger partial charge in [0.15, 0.2) is 5.78 Å². The smallest absolute Gasteiger partial charge is 0.155 e. The minimum Gasteiger partial charge on any atom is -0.394 e. The molecule has 0 radical (unpaired) electrons. The average Bonchev–Trinajstić information content (AvgIpc) is 2.87. The molecule has 0 heterocycles. The van der Waals surface area contributed by atoms with Crippen molar-refractivity contribution >= 4 is 5.78 Å². The van der Waals surface area contributed by atoms with Crippen molar-refractivity contribution in [1.82, 2.24) is 0 Å². The maximum atomic E-state index is 11.9. The van der Waals surface area contributed by atoms with Gasteiger partial charge in [-0.15, -0.1) is 0 Å². The summed E-state index contributed by atoms with van der Waals surface area (Å²) in [6.07, 6.45) is 8.03. The van der Waals surface area contributed by atoms with Crippen molar-refractivity contribution in [3.05, 3.63) is 11.6 Å². The molecule has 0 amide bonds. The molecule has 3 fully saturated rings. The molecule has 4 rings (SSSR count). The van der Waals surface area contributed by atoms with E-state index in [0.717, 1.165) is 38.5 Å². The molecule has 0 aromatic heterocycles. The minimum atomic E-state index is -1.17. The lowest BCUT2D eigenvalue weighted by atomic mass is 9.46. The number of aliphatic hydroxyl groups excluding tert-OH is 2. The fourth-order valence-electron chi connectivity index (χ4n) is 7.31. The Labute approximate surface area is 150 Å². The van der Waals surface area contributed by atoms with E-state index in [0.29, 0.717) is 30.6 Å². The molecule has 0 spiro atoms. The van der Waals surface area contributed by atoms with Gasteiger partial charge in [-0.1, -0.05) is 19.4 Å². The number of ketones is 1. The Morgan fingerprint density at radius 3 is 2.56 bits per heavy atom. The van der Waals surface area contributed by atoms with E-state index in [-0.39, 0.29) is 23.2 Å². The quantitative estimate of drug-likeness (QED) is 0.717. The van der Waals surface area contributed by atoms with Gasteiger partial charge in [-0.05, 0) is 74.2 Å². The first-order valence-corrected chi connectivity index (χ1v) is 10.0. The van der Waals surface area contributed by atoms with Crippen LogP contribution in [0.2, 0.25) is 0 Å². The zero-order chi connectivity index (χ0) is 18.0. The summed E-state index contributed by atoms with van der Waals surface area (Å²) in [4.78, 5) is 11.9. The molecule has 3 N–H and O–H groups in total. The minimum absolute atomic E-state index is 0.133. The van der Waals surface area contributed by atoms with Crippen molar-refractivity contribution in [3.63, 3.8) is 0 Å². The number of aliphatic hydroxyl groups is 3. The molecule has 3 saturated carbocycles. The van der Waals surface area contributed by atoms with E-state index in [4.69, 9.17) is 0 Å². The van der Waals surface area contributed by atoms with Gasteiger partial charge in [0.2, 0.25) is 0 Å². The van der Waals surface area contributed by atoms with Crippen LogP contribution < -0.4 is 0 Å². The van der Waals surface area contributed by atoms with Crippen LogP contribution in [-0.2, 0) is 4.79 Å². The number of fused-ring (bicyclic) bond motifs is 5. The fraction of sp³-hybridized carbons (Fsp3) is 0.857. The van der Waals surface area contributed by atoms with Crippen LogP contribution in [0.3, 0.4) is 0 Å². The van der Waals surface area contributed by atoms with Crippen molar-refractivity contribution in [2.24, 2.45) is 28.6 Å².